The Morgan fingerprint density at radius 2 is 1.03 bits per heavy atom. The van der Waals surface area contributed by atoms with E-state index in [2.05, 4.69) is 41.5 Å². The van der Waals surface area contributed by atoms with Crippen LogP contribution >= 0.6 is 7.66 Å². The van der Waals surface area contributed by atoms with Crippen molar-refractivity contribution in [2.75, 3.05) is 0 Å². The standard InChI is InChI=1S/C26H24NO4P/c1-2-10-18(11-3-1)27-32(28-23-16-8-9-17-24(23)29-32)30-25-21-14-6-4-12-19(21)20-13-5-7-15-22(20)26(25)31-32/h4-9,12-18,27H,1-3,10-11H2. The third-order valence-corrected chi connectivity index (χ3v) is 9.50. The van der Waals surface area contributed by atoms with Crippen molar-refractivity contribution in [1.29, 1.82) is 0 Å². The van der Waals surface area contributed by atoms with Gasteiger partial charge in [-0.1, -0.05) is 0 Å². The predicted octanol–water partition coefficient (Wildman–Crippen LogP) is 7.29. The van der Waals surface area contributed by atoms with Crippen LogP contribution in [-0.2, 0) is 0 Å². The van der Waals surface area contributed by atoms with Gasteiger partial charge in [-0.3, -0.25) is 0 Å². The van der Waals surface area contributed by atoms with Crippen LogP contribution in [0.3, 0.4) is 0 Å². The molecule has 2 aliphatic heterocycles. The van der Waals surface area contributed by atoms with Gasteiger partial charge in [-0.2, -0.15) is 0 Å². The van der Waals surface area contributed by atoms with E-state index < -0.39 is 7.66 Å². The second kappa shape index (κ2) is 6.50. The van der Waals surface area contributed by atoms with Crippen molar-refractivity contribution in [1.82, 2.24) is 5.09 Å². The summed E-state index contributed by atoms with van der Waals surface area (Å²) in [7, 11) is -4.21. The number of hydrogen-bond acceptors (Lipinski definition) is 5. The van der Waals surface area contributed by atoms with Gasteiger partial charge >= 0.3 is 186 Å². The Morgan fingerprint density at radius 1 is 0.562 bits per heavy atom. The van der Waals surface area contributed by atoms with Gasteiger partial charge in [-0.25, -0.2) is 0 Å². The summed E-state index contributed by atoms with van der Waals surface area (Å²) in [6, 6.07) is 24.5. The summed E-state index contributed by atoms with van der Waals surface area (Å²) in [6.45, 7) is 0. The van der Waals surface area contributed by atoms with Crippen LogP contribution in [0, 0.1) is 0 Å². The molecule has 4 aromatic rings. The summed E-state index contributed by atoms with van der Waals surface area (Å²) < 4.78 is 26.8. The molecule has 0 bridgehead atoms. The van der Waals surface area contributed by atoms with Crippen molar-refractivity contribution >= 4 is 29.2 Å². The van der Waals surface area contributed by atoms with Crippen LogP contribution in [-0.4, -0.2) is 6.04 Å². The monoisotopic (exact) mass is 445 g/mol. The summed E-state index contributed by atoms with van der Waals surface area (Å²) in [6.07, 6.45) is 5.70. The van der Waals surface area contributed by atoms with Crippen LogP contribution in [0.5, 0.6) is 23.0 Å². The van der Waals surface area contributed by atoms with Crippen LogP contribution < -0.4 is 23.2 Å². The quantitative estimate of drug-likeness (QED) is 0.259. The molecule has 162 valence electrons. The van der Waals surface area contributed by atoms with E-state index in [0.29, 0.717) is 23.0 Å². The molecule has 3 aliphatic rings. The van der Waals surface area contributed by atoms with E-state index in [1.54, 1.807) is 0 Å². The second-order valence-electron chi connectivity index (χ2n) is 8.84. The molecule has 0 atom stereocenters. The molecule has 5 nitrogen and oxygen atoms in total. The van der Waals surface area contributed by atoms with Crippen molar-refractivity contribution in [3.05, 3.63) is 72.8 Å². The van der Waals surface area contributed by atoms with Gasteiger partial charge in [0.1, 0.15) is 0 Å². The van der Waals surface area contributed by atoms with E-state index in [1.807, 2.05) is 36.4 Å². The Balaban J connectivity index is 1.45. The molecule has 1 aliphatic carbocycles. The van der Waals surface area contributed by atoms with Crippen LogP contribution in [0.4, 0.5) is 0 Å². The minimum absolute atomic E-state index is 0.211. The Kier molecular flexibility index (Phi) is 3.77. The average Bonchev–Trinajstić information content (AvgIpc) is 3.34. The number of fused-ring (bicyclic) bond motifs is 7. The molecule has 1 saturated carbocycles. The van der Waals surface area contributed by atoms with Gasteiger partial charge in [0.25, 0.3) is 0 Å². The Labute approximate surface area is 186 Å². The van der Waals surface area contributed by atoms with Crippen molar-refractivity contribution in [3.63, 3.8) is 0 Å². The molecule has 4 aromatic carbocycles. The molecular formula is C26H24NO4P. The van der Waals surface area contributed by atoms with Gasteiger partial charge < -0.3 is 0 Å². The molecule has 0 aromatic heterocycles. The first-order valence-electron chi connectivity index (χ1n) is 11.4. The third kappa shape index (κ3) is 2.58. The van der Waals surface area contributed by atoms with Gasteiger partial charge in [0.2, 0.25) is 0 Å². The molecule has 0 unspecified atom stereocenters. The van der Waals surface area contributed by atoms with E-state index in [1.165, 1.54) is 19.3 Å². The summed E-state index contributed by atoms with van der Waals surface area (Å²) in [4.78, 5) is 0. The van der Waals surface area contributed by atoms with Crippen molar-refractivity contribution in [2.24, 2.45) is 0 Å². The summed E-state index contributed by atoms with van der Waals surface area (Å²) >= 11 is 0. The average molecular weight is 445 g/mol. The fourth-order valence-corrected chi connectivity index (χ4v) is 8.52. The first kappa shape index (κ1) is 18.6. The maximum absolute atomic E-state index is 6.80. The molecule has 2 heterocycles. The molecule has 32 heavy (non-hydrogen) atoms. The Bertz CT molecular complexity index is 1290. The van der Waals surface area contributed by atoms with Gasteiger partial charge in [0.15, 0.2) is 0 Å². The minimum atomic E-state index is -4.21. The normalized spacial score (nSPS) is 21.6. The summed E-state index contributed by atoms with van der Waals surface area (Å²) in [5, 5.41) is 7.91. The van der Waals surface area contributed by atoms with Gasteiger partial charge in [0.05, 0.1) is 0 Å². The summed E-state index contributed by atoms with van der Waals surface area (Å²) in [5.41, 5.74) is 0. The molecule has 0 radical (unpaired) electrons. The van der Waals surface area contributed by atoms with Crippen LogP contribution in [0.25, 0.3) is 21.5 Å². The van der Waals surface area contributed by atoms with E-state index >= 15 is 0 Å². The van der Waals surface area contributed by atoms with Gasteiger partial charge in [0, 0.05) is 0 Å². The zero-order valence-corrected chi connectivity index (χ0v) is 18.5. The molecule has 1 spiro atoms. The fraction of sp³-hybridized carbons (Fsp3) is 0.231. The molecule has 7 rings (SSSR count). The van der Waals surface area contributed by atoms with Crippen LogP contribution in [0.2, 0.25) is 0 Å². The topological polar surface area (TPSA) is 49.0 Å². The molecule has 0 saturated heterocycles. The molecular weight excluding hydrogens is 421 g/mol. The van der Waals surface area contributed by atoms with Crippen LogP contribution in [0.15, 0.2) is 72.8 Å². The second-order valence-corrected chi connectivity index (χ2v) is 11.5. The van der Waals surface area contributed by atoms with E-state index in [0.717, 1.165) is 34.4 Å². The number of para-hydroxylation sites is 2. The van der Waals surface area contributed by atoms with E-state index in [-0.39, 0.29) is 6.04 Å². The zero-order valence-electron chi connectivity index (χ0n) is 17.6. The number of rotatable bonds is 2. The SMILES string of the molecule is c1ccc2c(c1)OP1(NC3CCCCC3)(O2)Oc2c(c3ccccc3c3ccccc23)O1. The van der Waals surface area contributed by atoms with Crippen LogP contribution in [0.1, 0.15) is 32.1 Å². The molecule has 0 amide bonds. The number of hydrogen-bond donors (Lipinski definition) is 1. The van der Waals surface area contributed by atoms with Crippen molar-refractivity contribution in [2.45, 2.75) is 38.1 Å². The van der Waals surface area contributed by atoms with Crippen molar-refractivity contribution in [3.8, 4) is 23.0 Å². The Hall–Kier alpha value is -3.01. The molecule has 1 fully saturated rings. The van der Waals surface area contributed by atoms with E-state index in [4.69, 9.17) is 18.1 Å². The maximum atomic E-state index is 6.80. The van der Waals surface area contributed by atoms with Gasteiger partial charge in [-0.15, -0.1) is 0 Å². The fourth-order valence-electron chi connectivity index (χ4n) is 5.26. The molecule has 6 heteroatoms. The third-order valence-electron chi connectivity index (χ3n) is 6.70. The van der Waals surface area contributed by atoms with E-state index in [9.17, 15) is 0 Å². The molecule has 1 N–H and O–H groups in total. The first-order chi connectivity index (χ1) is 15.7. The first-order valence-corrected chi connectivity index (χ1v) is 13.3. The van der Waals surface area contributed by atoms with Gasteiger partial charge in [-0.05, 0) is 0 Å². The van der Waals surface area contributed by atoms with Crippen molar-refractivity contribution < 1.29 is 18.1 Å². The Morgan fingerprint density at radius 3 is 1.56 bits per heavy atom. The summed E-state index contributed by atoms with van der Waals surface area (Å²) in [5.74, 6) is 2.67. The predicted molar refractivity (Wildman–Crippen MR) is 127 cm³/mol. The number of nitrogens with one attached hydrogen (secondary N) is 1. The number of benzene rings is 4. The zero-order chi connectivity index (χ0) is 21.2.